The highest BCUT2D eigenvalue weighted by atomic mass is 35.5. The summed E-state index contributed by atoms with van der Waals surface area (Å²) in [6, 6.07) is 9.81. The Morgan fingerprint density at radius 2 is 2.00 bits per heavy atom. The molecule has 0 bridgehead atoms. The quantitative estimate of drug-likeness (QED) is 0.495. The van der Waals surface area contributed by atoms with Crippen molar-refractivity contribution in [2.75, 3.05) is 11.2 Å². The first-order valence-electron chi connectivity index (χ1n) is 7.74. The van der Waals surface area contributed by atoms with E-state index in [1.54, 1.807) is 31.2 Å². The Bertz CT molecular complexity index is 997. The van der Waals surface area contributed by atoms with Crippen LogP contribution in [0.15, 0.2) is 47.6 Å². The number of carbonyl (C=O) groups excluding carboxylic acids is 1. The SMILES string of the molecule is C[C@H](Sc1nnc(-c2ccccc2Cl)n1N)C(=O)Nc1cc(F)ccc1F. The van der Waals surface area contributed by atoms with Crippen LogP contribution in [0.3, 0.4) is 0 Å². The van der Waals surface area contributed by atoms with Crippen LogP contribution in [0.25, 0.3) is 11.4 Å². The first-order chi connectivity index (χ1) is 12.9. The van der Waals surface area contributed by atoms with E-state index < -0.39 is 22.8 Å². The van der Waals surface area contributed by atoms with Crippen LogP contribution in [-0.4, -0.2) is 26.0 Å². The summed E-state index contributed by atoms with van der Waals surface area (Å²) in [6.45, 7) is 1.58. The fourth-order valence-corrected chi connectivity index (χ4v) is 3.21. The molecule has 3 aromatic rings. The van der Waals surface area contributed by atoms with Gasteiger partial charge in [-0.05, 0) is 31.2 Å². The van der Waals surface area contributed by atoms with E-state index in [4.69, 9.17) is 17.4 Å². The summed E-state index contributed by atoms with van der Waals surface area (Å²) in [5.41, 5.74) is 0.360. The lowest BCUT2D eigenvalue weighted by Crippen LogP contribution is -2.24. The Labute approximate surface area is 162 Å². The maximum absolute atomic E-state index is 13.7. The zero-order chi connectivity index (χ0) is 19.6. The Balaban J connectivity index is 1.75. The molecule has 1 atom stereocenters. The second kappa shape index (κ2) is 7.93. The number of amides is 1. The van der Waals surface area contributed by atoms with Gasteiger partial charge in [-0.3, -0.25) is 4.79 Å². The summed E-state index contributed by atoms with van der Waals surface area (Å²) in [5, 5.41) is 10.4. The van der Waals surface area contributed by atoms with Gasteiger partial charge in [-0.25, -0.2) is 13.5 Å². The minimum Gasteiger partial charge on any atom is -0.335 e. The van der Waals surface area contributed by atoms with Gasteiger partial charge in [0.2, 0.25) is 11.1 Å². The highest BCUT2D eigenvalue weighted by Gasteiger charge is 2.21. The number of halogens is 3. The van der Waals surface area contributed by atoms with E-state index in [0.717, 1.165) is 30.0 Å². The highest BCUT2D eigenvalue weighted by Crippen LogP contribution is 2.29. The average Bonchev–Trinajstić information content (AvgIpc) is 2.99. The predicted octanol–water partition coefficient (Wildman–Crippen LogP) is 3.71. The maximum Gasteiger partial charge on any atom is 0.237 e. The van der Waals surface area contributed by atoms with Crippen LogP contribution >= 0.6 is 23.4 Å². The van der Waals surface area contributed by atoms with Gasteiger partial charge in [0.05, 0.1) is 16.0 Å². The number of nitrogens with one attached hydrogen (secondary N) is 1. The third kappa shape index (κ3) is 4.20. The van der Waals surface area contributed by atoms with E-state index in [-0.39, 0.29) is 10.8 Å². The zero-order valence-electron chi connectivity index (χ0n) is 14.0. The summed E-state index contributed by atoms with van der Waals surface area (Å²) < 4.78 is 28.1. The smallest absolute Gasteiger partial charge is 0.237 e. The van der Waals surface area contributed by atoms with E-state index in [0.29, 0.717) is 16.4 Å². The van der Waals surface area contributed by atoms with Gasteiger partial charge in [0.1, 0.15) is 11.6 Å². The Kier molecular flexibility index (Phi) is 5.62. The number of hydrogen-bond donors (Lipinski definition) is 2. The third-order valence-electron chi connectivity index (χ3n) is 3.62. The Morgan fingerprint density at radius 3 is 2.74 bits per heavy atom. The Morgan fingerprint density at radius 1 is 1.26 bits per heavy atom. The normalized spacial score (nSPS) is 12.0. The zero-order valence-corrected chi connectivity index (χ0v) is 15.6. The van der Waals surface area contributed by atoms with Gasteiger partial charge < -0.3 is 11.2 Å². The van der Waals surface area contributed by atoms with Crippen LogP contribution in [0.1, 0.15) is 6.92 Å². The molecule has 0 aliphatic rings. The lowest BCUT2D eigenvalue weighted by atomic mass is 10.2. The molecule has 0 fully saturated rings. The molecule has 0 aliphatic carbocycles. The maximum atomic E-state index is 13.7. The molecule has 1 heterocycles. The molecule has 10 heteroatoms. The van der Waals surface area contributed by atoms with E-state index in [1.165, 1.54) is 4.68 Å². The Hall–Kier alpha value is -2.65. The minimum absolute atomic E-state index is 0.238. The monoisotopic (exact) mass is 409 g/mol. The molecule has 0 aliphatic heterocycles. The molecule has 3 N–H and O–H groups in total. The second-order valence-electron chi connectivity index (χ2n) is 5.53. The van der Waals surface area contributed by atoms with E-state index >= 15 is 0 Å². The summed E-state index contributed by atoms with van der Waals surface area (Å²) in [7, 11) is 0. The molecule has 140 valence electrons. The fraction of sp³-hybridized carbons (Fsp3) is 0.118. The van der Waals surface area contributed by atoms with E-state index in [2.05, 4.69) is 15.5 Å². The molecule has 1 amide bonds. The van der Waals surface area contributed by atoms with Crippen LogP contribution in [0.2, 0.25) is 5.02 Å². The summed E-state index contributed by atoms with van der Waals surface area (Å²) in [5.74, 6) is 4.44. The molecule has 0 saturated heterocycles. The van der Waals surface area contributed by atoms with E-state index in [9.17, 15) is 13.6 Å². The van der Waals surface area contributed by atoms with Crippen molar-refractivity contribution in [1.82, 2.24) is 14.9 Å². The number of benzene rings is 2. The predicted molar refractivity (Wildman–Crippen MR) is 101 cm³/mol. The molecular weight excluding hydrogens is 396 g/mol. The molecule has 27 heavy (non-hydrogen) atoms. The summed E-state index contributed by atoms with van der Waals surface area (Å²) in [4.78, 5) is 12.3. The number of nitrogens with zero attached hydrogens (tertiary/aromatic N) is 3. The molecule has 0 unspecified atom stereocenters. The van der Waals surface area contributed by atoms with Crippen molar-refractivity contribution in [2.24, 2.45) is 0 Å². The van der Waals surface area contributed by atoms with Crippen LogP contribution in [0, 0.1) is 11.6 Å². The minimum atomic E-state index is -0.732. The summed E-state index contributed by atoms with van der Waals surface area (Å²) >= 11 is 7.16. The van der Waals surface area contributed by atoms with Crippen LogP contribution in [0.5, 0.6) is 0 Å². The number of carbonyl (C=O) groups is 1. The molecule has 1 aromatic heterocycles. The number of thioether (sulfide) groups is 1. The van der Waals surface area contributed by atoms with Gasteiger partial charge in [0.25, 0.3) is 0 Å². The lowest BCUT2D eigenvalue weighted by Gasteiger charge is -2.12. The highest BCUT2D eigenvalue weighted by molar-refractivity contribution is 8.00. The topological polar surface area (TPSA) is 85.8 Å². The molecule has 2 aromatic carbocycles. The van der Waals surface area contributed by atoms with Crippen LogP contribution in [-0.2, 0) is 4.79 Å². The van der Waals surface area contributed by atoms with Gasteiger partial charge >= 0.3 is 0 Å². The van der Waals surface area contributed by atoms with Crippen LogP contribution < -0.4 is 11.2 Å². The van der Waals surface area contributed by atoms with Gasteiger partial charge in [-0.15, -0.1) is 10.2 Å². The van der Waals surface area contributed by atoms with Gasteiger partial charge in [-0.1, -0.05) is 35.5 Å². The summed E-state index contributed by atoms with van der Waals surface area (Å²) in [6.07, 6.45) is 0. The first-order valence-corrected chi connectivity index (χ1v) is 9.00. The average molecular weight is 410 g/mol. The molecule has 0 saturated carbocycles. The van der Waals surface area contributed by atoms with Crippen molar-refractivity contribution >= 4 is 35.0 Å². The third-order valence-corrected chi connectivity index (χ3v) is 5.00. The van der Waals surface area contributed by atoms with Crippen molar-refractivity contribution in [2.45, 2.75) is 17.3 Å². The largest absolute Gasteiger partial charge is 0.335 e. The van der Waals surface area contributed by atoms with Crippen molar-refractivity contribution in [3.63, 3.8) is 0 Å². The van der Waals surface area contributed by atoms with Crippen molar-refractivity contribution in [3.8, 4) is 11.4 Å². The molecular formula is C17H14ClF2N5OS. The molecule has 3 rings (SSSR count). The van der Waals surface area contributed by atoms with E-state index in [1.807, 2.05) is 0 Å². The number of anilines is 1. The number of nitrogen functional groups attached to an aromatic ring is 1. The number of hydrogen-bond acceptors (Lipinski definition) is 5. The van der Waals surface area contributed by atoms with Gasteiger partial charge in [0.15, 0.2) is 5.82 Å². The van der Waals surface area contributed by atoms with Gasteiger partial charge in [-0.2, -0.15) is 0 Å². The molecule has 0 spiro atoms. The van der Waals surface area contributed by atoms with Crippen molar-refractivity contribution in [3.05, 3.63) is 59.1 Å². The van der Waals surface area contributed by atoms with Gasteiger partial charge in [0, 0.05) is 11.6 Å². The van der Waals surface area contributed by atoms with Crippen molar-refractivity contribution < 1.29 is 13.6 Å². The molecule has 0 radical (unpaired) electrons. The van der Waals surface area contributed by atoms with Crippen molar-refractivity contribution in [1.29, 1.82) is 0 Å². The number of aromatic nitrogens is 3. The molecule has 6 nitrogen and oxygen atoms in total. The first kappa shape index (κ1) is 19.1. The number of nitrogens with two attached hydrogens (primary N) is 1. The second-order valence-corrected chi connectivity index (χ2v) is 7.24. The fourth-order valence-electron chi connectivity index (χ4n) is 2.22. The number of rotatable bonds is 5. The standard InChI is InChI=1S/C17H14ClF2N5OS/c1-9(16(26)22-14-8-10(19)6-7-13(14)20)27-17-24-23-15(25(17)21)11-4-2-3-5-12(11)18/h2-9H,21H2,1H3,(H,22,26)/t9-/m0/s1. The lowest BCUT2D eigenvalue weighted by molar-refractivity contribution is -0.115. The van der Waals surface area contributed by atoms with Crippen LogP contribution in [0.4, 0.5) is 14.5 Å².